The van der Waals surface area contributed by atoms with Crippen LogP contribution >= 0.6 is 31.9 Å². The first-order valence-electron chi connectivity index (χ1n) is 8.37. The summed E-state index contributed by atoms with van der Waals surface area (Å²) in [6.45, 7) is 7.50. The molecule has 2 rings (SSSR count). The number of nitrogens with zero attached hydrogens (tertiary/aromatic N) is 2. The van der Waals surface area contributed by atoms with E-state index in [2.05, 4.69) is 43.7 Å². The molecule has 4 nitrogen and oxygen atoms in total. The maximum Gasteiger partial charge on any atom is 0.243 e. The van der Waals surface area contributed by atoms with Crippen molar-refractivity contribution in [1.29, 1.82) is 0 Å². The highest BCUT2D eigenvalue weighted by atomic mass is 79.9. The van der Waals surface area contributed by atoms with Gasteiger partial charge in [0.05, 0.1) is 4.90 Å². The molecule has 7 heteroatoms. The van der Waals surface area contributed by atoms with Gasteiger partial charge in [0.1, 0.15) is 0 Å². The summed E-state index contributed by atoms with van der Waals surface area (Å²) in [5.41, 5.74) is 0. The zero-order chi connectivity index (χ0) is 17.9. The van der Waals surface area contributed by atoms with Crippen molar-refractivity contribution in [3.8, 4) is 0 Å². The summed E-state index contributed by atoms with van der Waals surface area (Å²) in [6, 6.07) is 5.01. The zero-order valence-corrected chi connectivity index (χ0v) is 18.5. The van der Waals surface area contributed by atoms with E-state index < -0.39 is 10.0 Å². The van der Waals surface area contributed by atoms with Gasteiger partial charge in [0.15, 0.2) is 0 Å². The third-order valence-corrected chi connectivity index (χ3v) is 8.78. The molecule has 0 radical (unpaired) electrons. The number of hydrogen-bond acceptors (Lipinski definition) is 3. The van der Waals surface area contributed by atoms with Gasteiger partial charge >= 0.3 is 0 Å². The average molecular weight is 482 g/mol. The highest BCUT2D eigenvalue weighted by Crippen LogP contribution is 2.28. The quantitative estimate of drug-likeness (QED) is 0.606. The normalized spacial score (nSPS) is 18.9. The van der Waals surface area contributed by atoms with Gasteiger partial charge in [0, 0.05) is 22.0 Å². The van der Waals surface area contributed by atoms with Crippen molar-refractivity contribution in [1.82, 2.24) is 9.21 Å². The van der Waals surface area contributed by atoms with Gasteiger partial charge in [-0.1, -0.05) is 6.92 Å². The molecule has 0 aliphatic carbocycles. The highest BCUT2D eigenvalue weighted by molar-refractivity contribution is 9.13. The summed E-state index contributed by atoms with van der Waals surface area (Å²) < 4.78 is 28.7. The maximum atomic E-state index is 12.8. The van der Waals surface area contributed by atoms with Crippen molar-refractivity contribution in [3.63, 3.8) is 0 Å². The van der Waals surface area contributed by atoms with Crippen LogP contribution in [-0.2, 0) is 10.0 Å². The van der Waals surface area contributed by atoms with E-state index in [0.29, 0.717) is 4.90 Å². The fourth-order valence-corrected chi connectivity index (χ4v) is 5.07. The molecule has 1 aliphatic heterocycles. The average Bonchev–Trinajstić information content (AvgIpc) is 2.55. The van der Waals surface area contributed by atoms with E-state index in [4.69, 9.17) is 0 Å². The summed E-state index contributed by atoms with van der Waals surface area (Å²) in [4.78, 5) is 2.77. The number of rotatable bonds is 6. The van der Waals surface area contributed by atoms with E-state index in [0.717, 1.165) is 40.9 Å². The molecule has 0 spiro atoms. The van der Waals surface area contributed by atoms with Gasteiger partial charge in [-0.15, -0.1) is 0 Å². The fourth-order valence-electron chi connectivity index (χ4n) is 2.88. The Morgan fingerprint density at radius 3 is 2.46 bits per heavy atom. The molecule has 0 amide bonds. The van der Waals surface area contributed by atoms with Crippen LogP contribution in [0.25, 0.3) is 0 Å². The van der Waals surface area contributed by atoms with Crippen molar-refractivity contribution >= 4 is 41.9 Å². The van der Waals surface area contributed by atoms with E-state index >= 15 is 0 Å². The van der Waals surface area contributed by atoms with Crippen molar-refractivity contribution in [2.75, 3.05) is 26.7 Å². The molecule has 24 heavy (non-hydrogen) atoms. The third-order valence-electron chi connectivity index (χ3n) is 4.93. The van der Waals surface area contributed by atoms with Gasteiger partial charge < -0.3 is 4.90 Å². The number of likely N-dealkylation sites (tertiary alicyclic amines) is 1. The van der Waals surface area contributed by atoms with E-state index in [1.165, 1.54) is 17.1 Å². The summed E-state index contributed by atoms with van der Waals surface area (Å²) in [5.74, 6) is 0.817. The summed E-state index contributed by atoms with van der Waals surface area (Å²) in [6.07, 6.45) is 3.34. The first kappa shape index (κ1) is 20.4. The Morgan fingerprint density at radius 1 is 1.25 bits per heavy atom. The lowest BCUT2D eigenvalue weighted by atomic mass is 9.99. The molecule has 1 fully saturated rings. The predicted molar refractivity (Wildman–Crippen MR) is 106 cm³/mol. The molecule has 1 saturated heterocycles. The summed E-state index contributed by atoms with van der Waals surface area (Å²) in [5, 5.41) is 0. The number of benzene rings is 1. The van der Waals surface area contributed by atoms with Gasteiger partial charge in [-0.2, -0.15) is 4.31 Å². The minimum atomic E-state index is -3.48. The van der Waals surface area contributed by atoms with Crippen LogP contribution in [0.2, 0.25) is 0 Å². The molecule has 0 aromatic heterocycles. The second-order valence-electron chi connectivity index (χ2n) is 6.76. The van der Waals surface area contributed by atoms with Crippen LogP contribution in [0.4, 0.5) is 0 Å². The Bertz CT molecular complexity index is 659. The maximum absolute atomic E-state index is 12.8. The molecule has 136 valence electrons. The van der Waals surface area contributed by atoms with Crippen LogP contribution in [0, 0.1) is 5.92 Å². The van der Waals surface area contributed by atoms with Crippen molar-refractivity contribution in [2.24, 2.45) is 5.92 Å². The van der Waals surface area contributed by atoms with Gasteiger partial charge in [-0.3, -0.25) is 0 Å². The van der Waals surface area contributed by atoms with Crippen LogP contribution < -0.4 is 0 Å². The van der Waals surface area contributed by atoms with E-state index in [1.807, 2.05) is 6.92 Å². The minimum Gasteiger partial charge on any atom is -0.303 e. The Morgan fingerprint density at radius 2 is 1.88 bits per heavy atom. The Kier molecular flexibility index (Phi) is 7.32. The third kappa shape index (κ3) is 5.04. The largest absolute Gasteiger partial charge is 0.303 e. The molecule has 0 bridgehead atoms. The molecule has 1 atom stereocenters. The lowest BCUT2D eigenvalue weighted by molar-refractivity contribution is 0.179. The standard InChI is InChI=1S/C17H26Br2N2O2S/c1-13-6-9-21(10-7-13)11-8-14(2)20(3)24(22,23)15-4-5-16(18)17(19)12-15/h4-5,12-14H,6-11H2,1-3H3/t14-/m1/s1. The van der Waals surface area contributed by atoms with Gasteiger partial charge in [-0.25, -0.2) is 8.42 Å². The minimum absolute atomic E-state index is 0.0308. The number of piperidine rings is 1. The van der Waals surface area contributed by atoms with E-state index in [1.54, 1.807) is 25.2 Å². The second kappa shape index (κ2) is 8.62. The molecule has 0 N–H and O–H groups in total. The molecule has 0 saturated carbocycles. The summed E-state index contributed by atoms with van der Waals surface area (Å²) in [7, 11) is -1.80. The van der Waals surface area contributed by atoms with Crippen molar-refractivity contribution in [2.45, 2.75) is 44.0 Å². The SMILES string of the molecule is CC1CCN(CC[C@@H](C)N(C)S(=O)(=O)c2ccc(Br)c(Br)c2)CC1. The molecular weight excluding hydrogens is 456 g/mol. The summed E-state index contributed by atoms with van der Waals surface area (Å²) >= 11 is 6.75. The van der Waals surface area contributed by atoms with Gasteiger partial charge in [0.25, 0.3) is 0 Å². The number of sulfonamides is 1. The van der Waals surface area contributed by atoms with Crippen LogP contribution in [0.15, 0.2) is 32.0 Å². The molecular formula is C17H26Br2N2O2S. The van der Waals surface area contributed by atoms with Crippen LogP contribution in [0.5, 0.6) is 0 Å². The van der Waals surface area contributed by atoms with Crippen LogP contribution in [0.3, 0.4) is 0 Å². The fraction of sp³-hybridized carbons (Fsp3) is 0.647. The number of hydrogen-bond donors (Lipinski definition) is 0. The lowest BCUT2D eigenvalue weighted by Crippen LogP contribution is -2.39. The van der Waals surface area contributed by atoms with E-state index in [-0.39, 0.29) is 6.04 Å². The first-order valence-corrected chi connectivity index (χ1v) is 11.4. The Balaban J connectivity index is 1.98. The molecule has 0 unspecified atom stereocenters. The monoisotopic (exact) mass is 480 g/mol. The molecule has 1 heterocycles. The van der Waals surface area contributed by atoms with Crippen LogP contribution in [-0.4, -0.2) is 50.3 Å². The zero-order valence-electron chi connectivity index (χ0n) is 14.5. The molecule has 1 aliphatic rings. The lowest BCUT2D eigenvalue weighted by Gasteiger charge is -2.32. The van der Waals surface area contributed by atoms with Gasteiger partial charge in [0.2, 0.25) is 10.0 Å². The first-order chi connectivity index (χ1) is 11.2. The Hall–Kier alpha value is 0.0500. The second-order valence-corrected chi connectivity index (χ2v) is 10.5. The smallest absolute Gasteiger partial charge is 0.243 e. The predicted octanol–water partition coefficient (Wildman–Crippen LogP) is 4.34. The van der Waals surface area contributed by atoms with Crippen molar-refractivity contribution in [3.05, 3.63) is 27.1 Å². The van der Waals surface area contributed by atoms with E-state index in [9.17, 15) is 8.42 Å². The van der Waals surface area contributed by atoms with Gasteiger partial charge in [-0.05, 0) is 102 Å². The van der Waals surface area contributed by atoms with Crippen LogP contribution in [0.1, 0.15) is 33.1 Å². The molecule has 1 aromatic carbocycles. The Labute approximate surface area is 162 Å². The van der Waals surface area contributed by atoms with Crippen molar-refractivity contribution < 1.29 is 8.42 Å². The molecule has 1 aromatic rings. The highest BCUT2D eigenvalue weighted by Gasteiger charge is 2.26. The number of halogens is 2. The topological polar surface area (TPSA) is 40.6 Å².